The Morgan fingerprint density at radius 1 is 1.33 bits per heavy atom. The Kier molecular flexibility index (Phi) is 4.70. The number of benzene rings is 1. The van der Waals surface area contributed by atoms with Crippen LogP contribution in [0.15, 0.2) is 28.7 Å². The van der Waals surface area contributed by atoms with Crippen molar-refractivity contribution in [3.05, 3.63) is 34.3 Å². The van der Waals surface area contributed by atoms with Crippen LogP contribution in [0.4, 0.5) is 0 Å². The SMILES string of the molecule is O=C(CS)OC1(c2ccc(Br)cc2)CC[NH2+]CC1. The van der Waals surface area contributed by atoms with Gasteiger partial charge in [-0.15, -0.1) is 0 Å². The molecular formula is C13H17BrNO2S+. The molecule has 98 valence electrons. The fraction of sp³-hybridized carbons (Fsp3) is 0.462. The lowest BCUT2D eigenvalue weighted by Crippen LogP contribution is -2.87. The number of halogens is 1. The molecular weight excluding hydrogens is 314 g/mol. The number of hydrogen-bond donors (Lipinski definition) is 2. The molecule has 18 heavy (non-hydrogen) atoms. The molecule has 5 heteroatoms. The van der Waals surface area contributed by atoms with Crippen molar-refractivity contribution in [1.82, 2.24) is 0 Å². The number of rotatable bonds is 3. The maximum absolute atomic E-state index is 11.6. The zero-order valence-electron chi connectivity index (χ0n) is 10.1. The molecule has 0 unspecified atom stereocenters. The number of thiol groups is 1. The van der Waals surface area contributed by atoms with E-state index < -0.39 is 5.60 Å². The zero-order chi connectivity index (χ0) is 13.0. The molecule has 0 aromatic heterocycles. The monoisotopic (exact) mass is 330 g/mol. The van der Waals surface area contributed by atoms with Gasteiger partial charge in [0.1, 0.15) is 5.60 Å². The van der Waals surface area contributed by atoms with Gasteiger partial charge in [0, 0.05) is 17.3 Å². The second kappa shape index (κ2) is 6.08. The molecule has 0 radical (unpaired) electrons. The number of carbonyl (C=O) groups excluding carboxylic acids is 1. The molecule has 0 amide bonds. The number of hydrogen-bond acceptors (Lipinski definition) is 3. The summed E-state index contributed by atoms with van der Waals surface area (Å²) in [5.74, 6) is -0.120. The van der Waals surface area contributed by atoms with Crippen molar-refractivity contribution < 1.29 is 14.8 Å². The molecule has 2 N–H and O–H groups in total. The molecule has 0 aliphatic carbocycles. The van der Waals surface area contributed by atoms with E-state index in [9.17, 15) is 4.79 Å². The lowest BCUT2D eigenvalue weighted by Gasteiger charge is -2.35. The normalized spacial score (nSPS) is 18.3. The van der Waals surface area contributed by atoms with Crippen LogP contribution in [-0.2, 0) is 15.1 Å². The second-order valence-electron chi connectivity index (χ2n) is 4.50. The van der Waals surface area contributed by atoms with E-state index in [1.54, 1.807) is 0 Å². The van der Waals surface area contributed by atoms with E-state index in [4.69, 9.17) is 4.74 Å². The lowest BCUT2D eigenvalue weighted by atomic mass is 9.85. The van der Waals surface area contributed by atoms with Crippen LogP contribution < -0.4 is 5.32 Å². The molecule has 1 heterocycles. The van der Waals surface area contributed by atoms with E-state index in [1.165, 1.54) is 0 Å². The largest absolute Gasteiger partial charge is 0.453 e. The first-order valence-electron chi connectivity index (χ1n) is 6.07. The molecule has 1 saturated heterocycles. The van der Waals surface area contributed by atoms with Crippen molar-refractivity contribution in [2.45, 2.75) is 18.4 Å². The summed E-state index contributed by atoms with van der Waals surface area (Å²) in [6.07, 6.45) is 1.71. The molecule has 1 aromatic rings. The van der Waals surface area contributed by atoms with E-state index >= 15 is 0 Å². The summed E-state index contributed by atoms with van der Waals surface area (Å²) in [4.78, 5) is 11.6. The van der Waals surface area contributed by atoms with Crippen molar-refractivity contribution in [2.24, 2.45) is 0 Å². The van der Waals surface area contributed by atoms with Gasteiger partial charge in [0.15, 0.2) is 0 Å². The first-order valence-corrected chi connectivity index (χ1v) is 7.49. The average molecular weight is 331 g/mol. The van der Waals surface area contributed by atoms with E-state index in [1.807, 2.05) is 24.3 Å². The van der Waals surface area contributed by atoms with Crippen LogP contribution >= 0.6 is 28.6 Å². The zero-order valence-corrected chi connectivity index (χ0v) is 12.5. The Bertz CT molecular complexity index is 416. The van der Waals surface area contributed by atoms with Crippen molar-refractivity contribution in [1.29, 1.82) is 0 Å². The highest BCUT2D eigenvalue weighted by Crippen LogP contribution is 2.34. The molecule has 2 rings (SSSR count). The highest BCUT2D eigenvalue weighted by Gasteiger charge is 2.39. The number of esters is 1. The van der Waals surface area contributed by atoms with Gasteiger partial charge in [-0.25, -0.2) is 0 Å². The van der Waals surface area contributed by atoms with Crippen LogP contribution in [0.1, 0.15) is 18.4 Å². The van der Waals surface area contributed by atoms with E-state index in [2.05, 4.69) is 33.9 Å². The number of nitrogens with two attached hydrogens (primary N) is 1. The summed E-state index contributed by atoms with van der Waals surface area (Å²) in [5.41, 5.74) is 0.615. The quantitative estimate of drug-likeness (QED) is 0.651. The van der Waals surface area contributed by atoms with Gasteiger partial charge in [-0.1, -0.05) is 28.1 Å². The summed E-state index contributed by atoms with van der Waals surface area (Å²) in [7, 11) is 0. The van der Waals surface area contributed by atoms with Crippen LogP contribution in [0.5, 0.6) is 0 Å². The van der Waals surface area contributed by atoms with E-state index in [0.717, 1.165) is 36.0 Å². The Balaban J connectivity index is 2.28. The number of piperidine rings is 1. The van der Waals surface area contributed by atoms with Gasteiger partial charge in [0.25, 0.3) is 0 Å². The molecule has 0 bridgehead atoms. The van der Waals surface area contributed by atoms with Crippen molar-refractivity contribution in [3.63, 3.8) is 0 Å². The molecule has 1 aliphatic heterocycles. The van der Waals surface area contributed by atoms with Gasteiger partial charge in [0.05, 0.1) is 18.8 Å². The summed E-state index contributed by atoms with van der Waals surface area (Å²) in [6.45, 7) is 1.96. The number of carbonyl (C=O) groups is 1. The highest BCUT2D eigenvalue weighted by molar-refractivity contribution is 9.10. The van der Waals surface area contributed by atoms with E-state index in [0.29, 0.717) is 0 Å². The Labute approximate surface area is 121 Å². The predicted octanol–water partition coefficient (Wildman–Crippen LogP) is 1.47. The van der Waals surface area contributed by atoms with Crippen molar-refractivity contribution in [3.8, 4) is 0 Å². The van der Waals surface area contributed by atoms with Crippen molar-refractivity contribution >= 4 is 34.5 Å². The minimum atomic E-state index is -0.463. The third kappa shape index (κ3) is 3.08. The maximum Gasteiger partial charge on any atom is 0.316 e. The third-order valence-corrected chi connectivity index (χ3v) is 4.10. The van der Waals surface area contributed by atoms with Gasteiger partial charge in [-0.3, -0.25) is 4.79 Å². The molecule has 1 aromatic carbocycles. The Hall–Kier alpha value is -0.520. The maximum atomic E-state index is 11.6. The summed E-state index contributed by atoms with van der Waals surface area (Å²) in [6, 6.07) is 8.04. The van der Waals surface area contributed by atoms with Gasteiger partial charge < -0.3 is 10.1 Å². The highest BCUT2D eigenvalue weighted by atomic mass is 79.9. The first kappa shape index (κ1) is 13.9. The van der Waals surface area contributed by atoms with Gasteiger partial charge in [-0.2, -0.15) is 12.6 Å². The van der Waals surface area contributed by atoms with Gasteiger partial charge in [-0.05, 0) is 17.7 Å². The number of quaternary nitrogens is 1. The lowest BCUT2D eigenvalue weighted by molar-refractivity contribution is -0.668. The van der Waals surface area contributed by atoms with Crippen molar-refractivity contribution in [2.75, 3.05) is 18.8 Å². The smallest absolute Gasteiger partial charge is 0.316 e. The number of ether oxygens (including phenoxy) is 1. The molecule has 0 spiro atoms. The summed E-state index contributed by atoms with van der Waals surface area (Å²) >= 11 is 7.42. The van der Waals surface area contributed by atoms with Gasteiger partial charge in [0.2, 0.25) is 0 Å². The van der Waals surface area contributed by atoms with E-state index in [-0.39, 0.29) is 11.7 Å². The average Bonchev–Trinajstić information content (AvgIpc) is 2.40. The van der Waals surface area contributed by atoms with Crippen LogP contribution in [-0.4, -0.2) is 24.8 Å². The molecule has 1 aliphatic rings. The molecule has 3 nitrogen and oxygen atoms in total. The fourth-order valence-corrected chi connectivity index (χ4v) is 2.72. The van der Waals surface area contributed by atoms with Crippen LogP contribution in [0.3, 0.4) is 0 Å². The topological polar surface area (TPSA) is 42.9 Å². The third-order valence-electron chi connectivity index (χ3n) is 3.31. The summed E-state index contributed by atoms with van der Waals surface area (Å²) in [5, 5.41) is 2.26. The van der Waals surface area contributed by atoms with Gasteiger partial charge >= 0.3 is 5.97 Å². The minimum Gasteiger partial charge on any atom is -0.453 e. The van der Waals surface area contributed by atoms with Crippen LogP contribution in [0.25, 0.3) is 0 Å². The van der Waals surface area contributed by atoms with Crippen LogP contribution in [0.2, 0.25) is 0 Å². The summed E-state index contributed by atoms with van der Waals surface area (Å²) < 4.78 is 6.74. The fourth-order valence-electron chi connectivity index (χ4n) is 2.39. The molecule has 0 saturated carbocycles. The molecule has 1 fully saturated rings. The molecule has 0 atom stereocenters. The Morgan fingerprint density at radius 3 is 2.50 bits per heavy atom. The minimum absolute atomic E-state index is 0.127. The second-order valence-corrected chi connectivity index (χ2v) is 5.73. The standard InChI is InChI=1S/C13H16BrNO2S/c14-11-3-1-10(2-4-11)13(17-12(16)9-18)5-7-15-8-6-13/h1-4,15,18H,5-9H2/p+1. The predicted molar refractivity (Wildman–Crippen MR) is 76.7 cm³/mol. The van der Waals surface area contributed by atoms with Crippen LogP contribution in [0, 0.1) is 0 Å². The first-order chi connectivity index (χ1) is 8.66. The Morgan fingerprint density at radius 2 is 1.94 bits per heavy atom.